The highest BCUT2D eigenvalue weighted by Crippen LogP contribution is 2.15. The molecule has 1 aromatic heterocycles. The van der Waals surface area contributed by atoms with Crippen LogP contribution in [-0.4, -0.2) is 17.6 Å². The lowest BCUT2D eigenvalue weighted by Crippen LogP contribution is -2.17. The van der Waals surface area contributed by atoms with Crippen LogP contribution in [0.1, 0.15) is 34.1 Å². The molecule has 116 valence electrons. The Bertz CT molecular complexity index is 846. The molecule has 0 fully saturated rings. The minimum absolute atomic E-state index is 0.131. The molecule has 0 saturated heterocycles. The summed E-state index contributed by atoms with van der Waals surface area (Å²) in [7, 11) is 0. The first kappa shape index (κ1) is 16.7. The molecule has 1 heterocycles. The number of nitrogens with one attached hydrogen (secondary N) is 1. The van der Waals surface area contributed by atoms with Gasteiger partial charge < -0.3 is 9.72 Å². The van der Waals surface area contributed by atoms with Gasteiger partial charge in [0.15, 0.2) is 0 Å². The number of aromatic amines is 1. The third kappa shape index (κ3) is 4.18. The van der Waals surface area contributed by atoms with Gasteiger partial charge in [0.05, 0.1) is 17.9 Å². The van der Waals surface area contributed by atoms with Crippen molar-refractivity contribution in [2.45, 2.75) is 6.92 Å². The largest absolute Gasteiger partial charge is 0.462 e. The van der Waals surface area contributed by atoms with Gasteiger partial charge in [-0.2, -0.15) is 5.26 Å². The summed E-state index contributed by atoms with van der Waals surface area (Å²) in [6.07, 6.45) is 3.37. The molecule has 0 aliphatic carbocycles. The number of nitrogens with zero attached hydrogens (tertiary/aromatic N) is 1. The van der Waals surface area contributed by atoms with Crippen molar-refractivity contribution < 1.29 is 9.53 Å². The van der Waals surface area contributed by atoms with Crippen LogP contribution < -0.4 is 5.56 Å². The minimum atomic E-state index is -0.587. The standard InChI is InChI=1S/C17H13BrN2O3/c1-2-23-17(22)14-9-12(10-19)16(21)20-15(14)8-5-11-3-6-13(18)7-4-11/h3-9H,2H2,1H3,(H,20,21)/b8-5+. The smallest absolute Gasteiger partial charge is 0.340 e. The van der Waals surface area contributed by atoms with Crippen molar-refractivity contribution >= 4 is 34.1 Å². The summed E-state index contributed by atoms with van der Waals surface area (Å²) in [6, 6.07) is 10.5. The number of hydrogen-bond acceptors (Lipinski definition) is 4. The molecule has 2 aromatic rings. The van der Waals surface area contributed by atoms with Gasteiger partial charge in [0, 0.05) is 4.47 Å². The van der Waals surface area contributed by atoms with Gasteiger partial charge in [0.25, 0.3) is 5.56 Å². The van der Waals surface area contributed by atoms with Gasteiger partial charge in [-0.25, -0.2) is 4.79 Å². The summed E-state index contributed by atoms with van der Waals surface area (Å²) in [6.45, 7) is 1.89. The Balaban J connectivity index is 2.45. The molecular formula is C17H13BrN2O3. The molecule has 0 aliphatic heterocycles. The zero-order chi connectivity index (χ0) is 16.8. The first-order chi connectivity index (χ1) is 11.0. The van der Waals surface area contributed by atoms with Gasteiger partial charge in [0.1, 0.15) is 11.6 Å². The number of halogens is 1. The SMILES string of the molecule is CCOC(=O)c1cc(C#N)c(=O)[nH]c1/C=C/c1ccc(Br)cc1. The van der Waals surface area contributed by atoms with E-state index in [1.807, 2.05) is 24.3 Å². The normalized spacial score (nSPS) is 10.5. The lowest BCUT2D eigenvalue weighted by molar-refractivity contribution is 0.0525. The molecule has 0 amide bonds. The molecular weight excluding hydrogens is 360 g/mol. The summed E-state index contributed by atoms with van der Waals surface area (Å²) in [5.41, 5.74) is 0.671. The maximum absolute atomic E-state index is 12.0. The van der Waals surface area contributed by atoms with Crippen LogP contribution in [0, 0.1) is 11.3 Å². The van der Waals surface area contributed by atoms with Gasteiger partial charge in [0.2, 0.25) is 0 Å². The Morgan fingerprint density at radius 1 is 1.35 bits per heavy atom. The first-order valence-corrected chi connectivity index (χ1v) is 7.62. The van der Waals surface area contributed by atoms with Crippen LogP contribution in [0.4, 0.5) is 0 Å². The van der Waals surface area contributed by atoms with E-state index >= 15 is 0 Å². The van der Waals surface area contributed by atoms with Crippen molar-refractivity contribution in [3.63, 3.8) is 0 Å². The molecule has 1 N–H and O–H groups in total. The summed E-state index contributed by atoms with van der Waals surface area (Å²) in [5, 5.41) is 8.93. The molecule has 0 unspecified atom stereocenters. The highest BCUT2D eigenvalue weighted by molar-refractivity contribution is 9.10. The number of carbonyl (C=O) groups excluding carboxylic acids is 1. The van der Waals surface area contributed by atoms with E-state index in [1.165, 1.54) is 6.07 Å². The van der Waals surface area contributed by atoms with Gasteiger partial charge in [-0.3, -0.25) is 4.79 Å². The second-order valence-electron chi connectivity index (χ2n) is 4.56. The van der Waals surface area contributed by atoms with Crippen molar-refractivity contribution in [3.05, 3.63) is 67.5 Å². The topological polar surface area (TPSA) is 82.9 Å². The van der Waals surface area contributed by atoms with Crippen molar-refractivity contribution in [2.24, 2.45) is 0 Å². The van der Waals surface area contributed by atoms with Crippen molar-refractivity contribution in [3.8, 4) is 6.07 Å². The van der Waals surface area contributed by atoms with Crippen LogP contribution >= 0.6 is 15.9 Å². The van der Waals surface area contributed by atoms with E-state index in [2.05, 4.69) is 20.9 Å². The monoisotopic (exact) mass is 372 g/mol. The molecule has 2 rings (SSSR count). The fourth-order valence-corrected chi connectivity index (χ4v) is 2.15. The van der Waals surface area contributed by atoms with E-state index < -0.39 is 11.5 Å². The number of esters is 1. The van der Waals surface area contributed by atoms with Crippen LogP contribution in [0.15, 0.2) is 39.6 Å². The molecule has 0 atom stereocenters. The quantitative estimate of drug-likeness (QED) is 0.834. The van der Waals surface area contributed by atoms with E-state index in [-0.39, 0.29) is 17.7 Å². The first-order valence-electron chi connectivity index (χ1n) is 6.83. The summed E-state index contributed by atoms with van der Waals surface area (Å²) < 4.78 is 5.92. The maximum Gasteiger partial charge on any atom is 0.340 e. The van der Waals surface area contributed by atoms with Gasteiger partial charge in [-0.05, 0) is 36.8 Å². The zero-order valence-corrected chi connectivity index (χ0v) is 13.9. The number of nitriles is 1. The summed E-state index contributed by atoms with van der Waals surface area (Å²) >= 11 is 3.35. The number of aromatic nitrogens is 1. The fourth-order valence-electron chi connectivity index (χ4n) is 1.89. The summed E-state index contributed by atoms with van der Waals surface area (Å²) in [4.78, 5) is 26.3. The molecule has 0 spiro atoms. The molecule has 1 aromatic carbocycles. The predicted molar refractivity (Wildman–Crippen MR) is 90.8 cm³/mol. The number of hydrogen-bond donors (Lipinski definition) is 1. The zero-order valence-electron chi connectivity index (χ0n) is 12.3. The van der Waals surface area contributed by atoms with Crippen molar-refractivity contribution in [1.29, 1.82) is 5.26 Å². The van der Waals surface area contributed by atoms with E-state index in [4.69, 9.17) is 10.00 Å². The Morgan fingerprint density at radius 3 is 2.65 bits per heavy atom. The van der Waals surface area contributed by atoms with Crippen LogP contribution in [0.2, 0.25) is 0 Å². The van der Waals surface area contributed by atoms with Gasteiger partial charge >= 0.3 is 5.97 Å². The second-order valence-corrected chi connectivity index (χ2v) is 5.47. The number of ether oxygens (including phenoxy) is 1. The third-order valence-electron chi connectivity index (χ3n) is 3.00. The molecule has 0 saturated carbocycles. The Labute approximate surface area is 141 Å². The number of benzene rings is 1. The predicted octanol–water partition coefficient (Wildman–Crippen LogP) is 3.36. The molecule has 6 heteroatoms. The van der Waals surface area contributed by atoms with E-state index in [0.29, 0.717) is 5.69 Å². The number of carbonyl (C=O) groups is 1. The number of rotatable bonds is 4. The van der Waals surface area contributed by atoms with E-state index in [9.17, 15) is 9.59 Å². The number of pyridine rings is 1. The number of H-pyrrole nitrogens is 1. The van der Waals surface area contributed by atoms with E-state index in [1.54, 1.807) is 25.1 Å². The molecule has 0 bridgehead atoms. The van der Waals surface area contributed by atoms with E-state index in [0.717, 1.165) is 10.0 Å². The molecule has 0 aliphatic rings. The maximum atomic E-state index is 12.0. The van der Waals surface area contributed by atoms with Gasteiger partial charge in [-0.15, -0.1) is 0 Å². The van der Waals surface area contributed by atoms with Crippen LogP contribution in [0.3, 0.4) is 0 Å². The lowest BCUT2D eigenvalue weighted by Gasteiger charge is -2.06. The Hall–Kier alpha value is -2.65. The molecule has 23 heavy (non-hydrogen) atoms. The Morgan fingerprint density at radius 2 is 2.04 bits per heavy atom. The Kier molecular flexibility index (Phi) is 5.50. The molecule has 5 nitrogen and oxygen atoms in total. The highest BCUT2D eigenvalue weighted by Gasteiger charge is 2.14. The van der Waals surface area contributed by atoms with Crippen molar-refractivity contribution in [2.75, 3.05) is 6.61 Å². The van der Waals surface area contributed by atoms with Gasteiger partial charge in [-0.1, -0.05) is 34.1 Å². The molecule has 0 radical (unpaired) electrons. The van der Waals surface area contributed by atoms with Crippen LogP contribution in [-0.2, 0) is 4.74 Å². The second kappa shape index (κ2) is 7.56. The van der Waals surface area contributed by atoms with Crippen LogP contribution in [0.25, 0.3) is 12.2 Å². The summed E-state index contributed by atoms with van der Waals surface area (Å²) in [5.74, 6) is -0.587. The average molecular weight is 373 g/mol. The highest BCUT2D eigenvalue weighted by atomic mass is 79.9. The minimum Gasteiger partial charge on any atom is -0.462 e. The van der Waals surface area contributed by atoms with Crippen molar-refractivity contribution in [1.82, 2.24) is 4.98 Å². The third-order valence-corrected chi connectivity index (χ3v) is 3.53. The van der Waals surface area contributed by atoms with Crippen LogP contribution in [0.5, 0.6) is 0 Å². The fraction of sp³-hybridized carbons (Fsp3) is 0.118. The lowest BCUT2D eigenvalue weighted by atomic mass is 10.1. The average Bonchev–Trinajstić information content (AvgIpc) is 2.54.